The summed E-state index contributed by atoms with van der Waals surface area (Å²) in [6, 6.07) is 0. The molecule has 0 spiro atoms. The Labute approximate surface area is 140 Å². The first kappa shape index (κ1) is 14.5. The van der Waals surface area contributed by atoms with Crippen LogP contribution in [0.1, 0.15) is 43.8 Å². The van der Waals surface area contributed by atoms with Gasteiger partial charge in [-0.2, -0.15) is 0 Å². The average molecular weight is 328 g/mol. The molecular weight excluding hydrogens is 304 g/mol. The van der Waals surface area contributed by atoms with Crippen molar-refractivity contribution < 1.29 is 0 Å². The molecule has 0 saturated heterocycles. The fourth-order valence-corrected chi connectivity index (χ4v) is 6.13. The smallest absolute Gasteiger partial charge is 0.325 e. The Morgan fingerprint density at radius 3 is 2.12 bits per heavy atom. The first-order chi connectivity index (χ1) is 11.5. The molecule has 3 aliphatic rings. The van der Waals surface area contributed by atoms with Crippen LogP contribution >= 0.6 is 0 Å². The van der Waals surface area contributed by atoms with Crippen LogP contribution in [-0.2, 0) is 21.1 Å². The Morgan fingerprint density at radius 1 is 0.875 bits per heavy atom. The van der Waals surface area contributed by atoms with Crippen LogP contribution in [0, 0.1) is 23.7 Å². The van der Waals surface area contributed by atoms with Crippen LogP contribution in [0.5, 0.6) is 0 Å². The number of nitrogens with zero attached hydrogens (tertiary/aromatic N) is 4. The lowest BCUT2D eigenvalue weighted by Gasteiger charge is -2.23. The fourth-order valence-electron chi connectivity index (χ4n) is 6.13. The quantitative estimate of drug-likeness (QED) is 0.797. The lowest BCUT2D eigenvalue weighted by Crippen LogP contribution is -2.37. The number of aromatic nitrogens is 4. The van der Waals surface area contributed by atoms with E-state index in [0.29, 0.717) is 17.1 Å². The van der Waals surface area contributed by atoms with E-state index in [9.17, 15) is 9.59 Å². The Morgan fingerprint density at radius 2 is 1.50 bits per heavy atom. The van der Waals surface area contributed by atoms with Crippen LogP contribution in [0.15, 0.2) is 9.59 Å². The van der Waals surface area contributed by atoms with Gasteiger partial charge in [-0.05, 0) is 55.8 Å². The molecule has 2 aromatic heterocycles. The number of fused-ring (bicyclic) bond motifs is 6. The molecule has 0 N–H and O–H groups in total. The van der Waals surface area contributed by atoms with Crippen LogP contribution in [-0.4, -0.2) is 18.7 Å². The van der Waals surface area contributed by atoms with Crippen molar-refractivity contribution in [1.82, 2.24) is 18.7 Å². The van der Waals surface area contributed by atoms with Crippen molar-refractivity contribution in [3.05, 3.63) is 26.7 Å². The van der Waals surface area contributed by atoms with Crippen LogP contribution in [0.3, 0.4) is 0 Å². The zero-order valence-corrected chi connectivity index (χ0v) is 14.5. The minimum atomic E-state index is -0.307. The van der Waals surface area contributed by atoms with Gasteiger partial charge in [0.25, 0.3) is 5.56 Å². The van der Waals surface area contributed by atoms with E-state index in [-0.39, 0.29) is 11.2 Å². The molecule has 5 atom stereocenters. The van der Waals surface area contributed by atoms with Crippen LogP contribution in [0.2, 0.25) is 0 Å². The third kappa shape index (κ3) is 1.64. The predicted molar refractivity (Wildman–Crippen MR) is 91.0 cm³/mol. The molecule has 0 aromatic carbocycles. The summed E-state index contributed by atoms with van der Waals surface area (Å²) >= 11 is 0. The Balaban J connectivity index is 1.63. The van der Waals surface area contributed by atoms with Crippen molar-refractivity contribution in [3.8, 4) is 0 Å². The highest BCUT2D eigenvalue weighted by atomic mass is 16.2. The molecule has 6 heteroatoms. The summed E-state index contributed by atoms with van der Waals surface area (Å²) in [5.41, 5.74) is 0.529. The molecule has 3 aliphatic carbocycles. The van der Waals surface area contributed by atoms with Crippen molar-refractivity contribution in [2.45, 2.75) is 38.0 Å². The predicted octanol–water partition coefficient (Wildman–Crippen LogP) is 1.51. The summed E-state index contributed by atoms with van der Waals surface area (Å²) in [5.74, 6) is 5.01. The maximum Gasteiger partial charge on any atom is 0.332 e. The van der Waals surface area contributed by atoms with Crippen LogP contribution in [0.4, 0.5) is 0 Å². The molecular formula is C18H24N4O2. The highest BCUT2D eigenvalue weighted by Gasteiger charge is 2.52. The third-order valence-electron chi connectivity index (χ3n) is 7.26. The number of rotatable bonds is 1. The molecule has 24 heavy (non-hydrogen) atoms. The van der Waals surface area contributed by atoms with Gasteiger partial charge in [0.15, 0.2) is 11.2 Å². The zero-order valence-electron chi connectivity index (χ0n) is 14.5. The van der Waals surface area contributed by atoms with Gasteiger partial charge in [0.2, 0.25) is 0 Å². The van der Waals surface area contributed by atoms with E-state index in [1.54, 1.807) is 7.05 Å². The molecule has 3 fully saturated rings. The second kappa shape index (κ2) is 4.61. The summed E-state index contributed by atoms with van der Waals surface area (Å²) in [7, 11) is 5.16. The Kier molecular flexibility index (Phi) is 2.78. The van der Waals surface area contributed by atoms with Crippen LogP contribution in [0.25, 0.3) is 11.2 Å². The number of hydrogen-bond donors (Lipinski definition) is 0. The van der Waals surface area contributed by atoms with E-state index in [1.807, 2.05) is 11.6 Å². The van der Waals surface area contributed by atoms with Crippen molar-refractivity contribution in [2.24, 2.45) is 44.8 Å². The van der Waals surface area contributed by atoms with Gasteiger partial charge < -0.3 is 4.57 Å². The van der Waals surface area contributed by atoms with E-state index >= 15 is 0 Å². The van der Waals surface area contributed by atoms with Gasteiger partial charge in [-0.15, -0.1) is 0 Å². The normalized spacial score (nSPS) is 34.4. The zero-order chi connectivity index (χ0) is 16.7. The van der Waals surface area contributed by atoms with E-state index < -0.39 is 0 Å². The molecule has 0 aliphatic heterocycles. The molecule has 2 heterocycles. The number of hydrogen-bond acceptors (Lipinski definition) is 3. The van der Waals surface area contributed by atoms with Gasteiger partial charge >= 0.3 is 5.69 Å². The van der Waals surface area contributed by atoms with Gasteiger partial charge in [-0.3, -0.25) is 13.9 Å². The molecule has 128 valence electrons. The van der Waals surface area contributed by atoms with Gasteiger partial charge in [0.1, 0.15) is 5.82 Å². The standard InChI is InChI=1S/C18H24N4O2/c1-20-14-16(21(2)18(24)22(3)17(14)23)19-15(20)11-7-12-9-4-5-10(6-9)13(12)8-11/h9-13H,4-8H2,1-3H3/t9-,10+,11?,12-,13+. The Bertz CT molecular complexity index is 948. The second-order valence-electron chi connectivity index (χ2n) is 8.24. The number of imidazole rings is 1. The van der Waals surface area contributed by atoms with E-state index in [4.69, 9.17) is 4.98 Å². The van der Waals surface area contributed by atoms with Gasteiger partial charge in [-0.25, -0.2) is 9.78 Å². The second-order valence-corrected chi connectivity index (χ2v) is 8.24. The Hall–Kier alpha value is -1.85. The molecule has 5 rings (SSSR count). The topological polar surface area (TPSA) is 61.8 Å². The van der Waals surface area contributed by atoms with Gasteiger partial charge in [0, 0.05) is 27.1 Å². The molecule has 3 saturated carbocycles. The van der Waals surface area contributed by atoms with Crippen molar-refractivity contribution in [1.29, 1.82) is 0 Å². The average Bonchev–Trinajstić information content (AvgIpc) is 3.30. The van der Waals surface area contributed by atoms with Crippen molar-refractivity contribution >= 4 is 11.2 Å². The molecule has 6 nitrogen and oxygen atoms in total. The first-order valence-electron chi connectivity index (χ1n) is 9.09. The number of aryl methyl sites for hydroxylation is 2. The lowest BCUT2D eigenvalue weighted by atomic mass is 9.82. The minimum Gasteiger partial charge on any atom is -0.325 e. The first-order valence-corrected chi connectivity index (χ1v) is 9.09. The monoisotopic (exact) mass is 328 g/mol. The molecule has 2 bridgehead atoms. The highest BCUT2D eigenvalue weighted by molar-refractivity contribution is 5.71. The highest BCUT2D eigenvalue weighted by Crippen LogP contribution is 2.61. The summed E-state index contributed by atoms with van der Waals surface area (Å²) in [4.78, 5) is 29.5. The van der Waals surface area contributed by atoms with E-state index in [1.165, 1.54) is 48.3 Å². The van der Waals surface area contributed by atoms with Gasteiger partial charge in [-0.1, -0.05) is 0 Å². The van der Waals surface area contributed by atoms with Gasteiger partial charge in [0.05, 0.1) is 0 Å². The van der Waals surface area contributed by atoms with Crippen molar-refractivity contribution in [2.75, 3.05) is 0 Å². The summed E-state index contributed by atoms with van der Waals surface area (Å²) < 4.78 is 4.63. The van der Waals surface area contributed by atoms with Crippen LogP contribution < -0.4 is 11.2 Å². The van der Waals surface area contributed by atoms with Crippen molar-refractivity contribution in [3.63, 3.8) is 0 Å². The van der Waals surface area contributed by atoms with E-state index in [2.05, 4.69) is 0 Å². The largest absolute Gasteiger partial charge is 0.332 e. The summed E-state index contributed by atoms with van der Waals surface area (Å²) in [6.07, 6.45) is 6.68. The molecule has 0 amide bonds. The maximum absolute atomic E-state index is 12.5. The molecule has 2 aromatic rings. The summed E-state index contributed by atoms with van der Waals surface area (Å²) in [5, 5.41) is 0. The SMILES string of the molecule is Cn1c(=O)c2c(nc(C3C[C@@H]4[C@@H]5CC[C@@H](C5)[C@@H]4C3)n2C)n(C)c1=O. The maximum atomic E-state index is 12.5. The fraction of sp³-hybridized carbons (Fsp3) is 0.722. The molecule has 0 radical (unpaired) electrons. The van der Waals surface area contributed by atoms with E-state index in [0.717, 1.165) is 29.5 Å². The minimum absolute atomic E-state index is 0.243. The third-order valence-corrected chi connectivity index (χ3v) is 7.26. The molecule has 1 unspecified atom stereocenters. The lowest BCUT2D eigenvalue weighted by molar-refractivity contribution is 0.259. The summed E-state index contributed by atoms with van der Waals surface area (Å²) in [6.45, 7) is 0.